The number of carbonyl (C=O) groups excluding carboxylic acids is 1. The van der Waals surface area contributed by atoms with E-state index in [0.717, 1.165) is 37.2 Å². The number of piperidine rings is 1. The van der Waals surface area contributed by atoms with Crippen molar-refractivity contribution in [2.75, 3.05) is 20.2 Å². The van der Waals surface area contributed by atoms with Gasteiger partial charge >= 0.3 is 0 Å². The Bertz CT molecular complexity index is 1010. The van der Waals surface area contributed by atoms with Crippen molar-refractivity contribution in [2.45, 2.75) is 25.9 Å². The molecule has 0 radical (unpaired) electrons. The number of para-hydroxylation sites is 1. The molecule has 162 valence electrons. The highest BCUT2D eigenvalue weighted by molar-refractivity contribution is 5.78. The predicted octanol–water partition coefficient (Wildman–Crippen LogP) is 3.41. The summed E-state index contributed by atoms with van der Waals surface area (Å²) >= 11 is 0. The number of aromatic nitrogens is 2. The number of hydrogen-bond donors (Lipinski definition) is 1. The van der Waals surface area contributed by atoms with Gasteiger partial charge in [0.25, 0.3) is 0 Å². The Morgan fingerprint density at radius 1 is 1.19 bits per heavy atom. The molecule has 1 fully saturated rings. The minimum absolute atomic E-state index is 0.0107. The molecule has 7 nitrogen and oxygen atoms in total. The number of ether oxygens (including phenoxy) is 1. The Balaban J connectivity index is 1.25. The maximum Gasteiger partial charge on any atom is 0.241 e. The molecular weight excluding hydrogens is 399 g/mol. The van der Waals surface area contributed by atoms with Crippen molar-refractivity contribution < 1.29 is 18.4 Å². The lowest BCUT2D eigenvalue weighted by Crippen LogP contribution is -2.40. The first-order chi connectivity index (χ1) is 15.1. The van der Waals surface area contributed by atoms with Crippen molar-refractivity contribution in [1.29, 1.82) is 0 Å². The second-order valence-electron chi connectivity index (χ2n) is 7.60. The van der Waals surface area contributed by atoms with E-state index < -0.39 is 0 Å². The first-order valence-electron chi connectivity index (χ1n) is 10.3. The van der Waals surface area contributed by atoms with Crippen LogP contribution in [0.2, 0.25) is 0 Å². The lowest BCUT2D eigenvalue weighted by atomic mass is 9.96. The summed E-state index contributed by atoms with van der Waals surface area (Å²) in [5.74, 6) is 1.49. The van der Waals surface area contributed by atoms with E-state index in [-0.39, 0.29) is 17.6 Å². The Morgan fingerprint density at radius 3 is 2.68 bits per heavy atom. The number of halogens is 1. The zero-order valence-corrected chi connectivity index (χ0v) is 17.4. The highest BCUT2D eigenvalue weighted by Crippen LogP contribution is 2.22. The van der Waals surface area contributed by atoms with Crippen molar-refractivity contribution in [3.05, 3.63) is 65.8 Å². The summed E-state index contributed by atoms with van der Waals surface area (Å²) in [6.07, 6.45) is 1.55. The van der Waals surface area contributed by atoms with Crippen LogP contribution < -0.4 is 10.1 Å². The van der Waals surface area contributed by atoms with E-state index in [1.54, 1.807) is 19.2 Å². The molecular formula is C23H25FN4O3. The smallest absolute Gasteiger partial charge is 0.241 e. The third kappa shape index (κ3) is 5.27. The molecule has 0 atom stereocenters. The summed E-state index contributed by atoms with van der Waals surface area (Å²) in [5.41, 5.74) is 1.67. The van der Waals surface area contributed by atoms with Gasteiger partial charge in [-0.2, -0.15) is 4.98 Å². The normalized spacial score (nSPS) is 15.0. The van der Waals surface area contributed by atoms with Gasteiger partial charge in [-0.25, -0.2) is 4.39 Å². The van der Waals surface area contributed by atoms with Crippen LogP contribution in [0.1, 0.15) is 24.3 Å². The molecule has 3 aromatic rings. The quantitative estimate of drug-likeness (QED) is 0.626. The van der Waals surface area contributed by atoms with Gasteiger partial charge in [0, 0.05) is 23.6 Å². The average molecular weight is 424 g/mol. The molecule has 31 heavy (non-hydrogen) atoms. The van der Waals surface area contributed by atoms with Gasteiger partial charge in [-0.1, -0.05) is 23.4 Å². The van der Waals surface area contributed by atoms with Crippen LogP contribution in [0.15, 0.2) is 53.1 Å². The van der Waals surface area contributed by atoms with Gasteiger partial charge in [0.15, 0.2) is 0 Å². The largest absolute Gasteiger partial charge is 0.496 e. The van der Waals surface area contributed by atoms with Gasteiger partial charge in [0.05, 0.1) is 13.7 Å². The summed E-state index contributed by atoms with van der Waals surface area (Å²) < 4.78 is 23.8. The Morgan fingerprint density at radius 2 is 1.94 bits per heavy atom. The monoisotopic (exact) mass is 424 g/mol. The van der Waals surface area contributed by atoms with E-state index >= 15 is 0 Å². The molecule has 1 aliphatic heterocycles. The van der Waals surface area contributed by atoms with E-state index in [4.69, 9.17) is 9.26 Å². The minimum atomic E-state index is -0.303. The van der Waals surface area contributed by atoms with Gasteiger partial charge in [0.2, 0.25) is 17.6 Å². The van der Waals surface area contributed by atoms with Crippen molar-refractivity contribution in [3.8, 4) is 17.1 Å². The standard InChI is InChI=1S/C23H25FN4O3/c1-30-20-5-3-2-4-18(20)14-25-23(29)17-10-12-28(13-11-17)15-21-26-22(27-31-21)16-6-8-19(24)9-7-16/h2-9,17H,10-15H2,1H3,(H,25,29). The third-order valence-corrected chi connectivity index (χ3v) is 5.53. The van der Waals surface area contributed by atoms with Crippen LogP contribution in [0.25, 0.3) is 11.4 Å². The van der Waals surface area contributed by atoms with Crippen LogP contribution in [0.5, 0.6) is 5.75 Å². The van der Waals surface area contributed by atoms with E-state index in [9.17, 15) is 9.18 Å². The number of carbonyl (C=O) groups is 1. The number of methoxy groups -OCH3 is 1. The summed E-state index contributed by atoms with van der Waals surface area (Å²) in [7, 11) is 1.63. The minimum Gasteiger partial charge on any atom is -0.496 e. The third-order valence-electron chi connectivity index (χ3n) is 5.53. The molecule has 1 saturated heterocycles. The van der Waals surface area contributed by atoms with Crippen LogP contribution in [-0.2, 0) is 17.9 Å². The molecule has 8 heteroatoms. The van der Waals surface area contributed by atoms with Crippen molar-refractivity contribution in [2.24, 2.45) is 5.92 Å². The number of benzene rings is 2. The van der Waals surface area contributed by atoms with Gasteiger partial charge in [0.1, 0.15) is 11.6 Å². The summed E-state index contributed by atoms with van der Waals surface area (Å²) in [6.45, 7) is 2.54. The molecule has 1 N–H and O–H groups in total. The van der Waals surface area contributed by atoms with E-state index in [0.29, 0.717) is 30.4 Å². The van der Waals surface area contributed by atoms with Crippen LogP contribution >= 0.6 is 0 Å². The van der Waals surface area contributed by atoms with Crippen LogP contribution in [0.3, 0.4) is 0 Å². The Labute approximate surface area is 180 Å². The second kappa shape index (κ2) is 9.70. The van der Waals surface area contributed by atoms with Crippen molar-refractivity contribution in [3.63, 3.8) is 0 Å². The van der Waals surface area contributed by atoms with Gasteiger partial charge in [-0.3, -0.25) is 9.69 Å². The molecule has 0 unspecified atom stereocenters. The topological polar surface area (TPSA) is 80.5 Å². The highest BCUT2D eigenvalue weighted by Gasteiger charge is 2.26. The predicted molar refractivity (Wildman–Crippen MR) is 113 cm³/mol. The van der Waals surface area contributed by atoms with E-state index in [1.165, 1.54) is 12.1 Å². The zero-order valence-electron chi connectivity index (χ0n) is 17.4. The molecule has 0 bridgehead atoms. The summed E-state index contributed by atoms with van der Waals surface area (Å²) in [6, 6.07) is 13.7. The van der Waals surface area contributed by atoms with Gasteiger partial charge in [-0.05, 0) is 56.3 Å². The average Bonchev–Trinajstić information content (AvgIpc) is 3.27. The number of hydrogen-bond acceptors (Lipinski definition) is 6. The summed E-state index contributed by atoms with van der Waals surface area (Å²) in [4.78, 5) is 19.2. The number of rotatable bonds is 7. The number of nitrogens with zero attached hydrogens (tertiary/aromatic N) is 3. The van der Waals surface area contributed by atoms with Crippen molar-refractivity contribution in [1.82, 2.24) is 20.4 Å². The maximum atomic E-state index is 13.1. The molecule has 1 amide bonds. The zero-order chi connectivity index (χ0) is 21.6. The molecule has 0 saturated carbocycles. The first kappa shape index (κ1) is 21.0. The van der Waals surface area contributed by atoms with Crippen LogP contribution in [-0.4, -0.2) is 41.1 Å². The second-order valence-corrected chi connectivity index (χ2v) is 7.60. The number of amides is 1. The fraction of sp³-hybridized carbons (Fsp3) is 0.348. The Hall–Kier alpha value is -3.26. The molecule has 1 aromatic heterocycles. The molecule has 4 rings (SSSR count). The maximum absolute atomic E-state index is 13.1. The molecule has 1 aliphatic rings. The Kier molecular flexibility index (Phi) is 6.57. The highest BCUT2D eigenvalue weighted by atomic mass is 19.1. The first-order valence-corrected chi connectivity index (χ1v) is 10.3. The summed E-state index contributed by atoms with van der Waals surface area (Å²) in [5, 5.41) is 7.01. The molecule has 0 aliphatic carbocycles. The fourth-order valence-electron chi connectivity index (χ4n) is 3.76. The van der Waals surface area contributed by atoms with Crippen LogP contribution in [0, 0.1) is 11.7 Å². The lowest BCUT2D eigenvalue weighted by molar-refractivity contribution is -0.126. The van der Waals surface area contributed by atoms with Gasteiger partial charge < -0.3 is 14.6 Å². The lowest BCUT2D eigenvalue weighted by Gasteiger charge is -2.30. The van der Waals surface area contributed by atoms with Gasteiger partial charge in [-0.15, -0.1) is 0 Å². The van der Waals surface area contributed by atoms with Crippen molar-refractivity contribution >= 4 is 5.91 Å². The SMILES string of the molecule is COc1ccccc1CNC(=O)C1CCN(Cc2nc(-c3ccc(F)cc3)no2)CC1. The molecule has 0 spiro atoms. The van der Waals surface area contributed by atoms with E-state index in [2.05, 4.69) is 20.4 Å². The van der Waals surface area contributed by atoms with Crippen LogP contribution in [0.4, 0.5) is 4.39 Å². The molecule has 2 heterocycles. The van der Waals surface area contributed by atoms with E-state index in [1.807, 2.05) is 24.3 Å². The number of likely N-dealkylation sites (tertiary alicyclic amines) is 1. The number of nitrogens with one attached hydrogen (secondary N) is 1. The fourth-order valence-corrected chi connectivity index (χ4v) is 3.76. The molecule has 2 aromatic carbocycles.